The van der Waals surface area contributed by atoms with Gasteiger partial charge in [0.1, 0.15) is 11.8 Å². The van der Waals surface area contributed by atoms with Gasteiger partial charge in [-0.2, -0.15) is 5.26 Å². The molecule has 0 spiro atoms. The van der Waals surface area contributed by atoms with Crippen molar-refractivity contribution in [3.05, 3.63) is 23.5 Å². The predicted molar refractivity (Wildman–Crippen MR) is 53.5 cm³/mol. The Morgan fingerprint density at radius 2 is 2.15 bits per heavy atom. The monoisotopic (exact) mass is 176 g/mol. The second-order valence-corrected chi connectivity index (χ2v) is 3.54. The molecule has 0 fully saturated rings. The molecule has 1 rings (SSSR count). The zero-order chi connectivity index (χ0) is 9.84. The van der Waals surface area contributed by atoms with Crippen LogP contribution in [-0.4, -0.2) is 4.57 Å². The third-order valence-corrected chi connectivity index (χ3v) is 2.14. The fourth-order valence-corrected chi connectivity index (χ4v) is 1.65. The van der Waals surface area contributed by atoms with Crippen molar-refractivity contribution in [1.29, 1.82) is 5.26 Å². The third kappa shape index (κ3) is 1.92. The molecule has 0 aliphatic rings. The highest BCUT2D eigenvalue weighted by Crippen LogP contribution is 2.16. The summed E-state index contributed by atoms with van der Waals surface area (Å²) in [5.41, 5.74) is 2.05. The van der Waals surface area contributed by atoms with Crippen LogP contribution in [-0.2, 0) is 6.42 Å². The number of rotatable bonds is 3. The lowest BCUT2D eigenvalue weighted by Crippen LogP contribution is -2.07. The summed E-state index contributed by atoms with van der Waals surface area (Å²) in [6, 6.07) is 6.56. The molecule has 13 heavy (non-hydrogen) atoms. The minimum Gasteiger partial charge on any atom is -0.334 e. The first-order chi connectivity index (χ1) is 6.20. The quantitative estimate of drug-likeness (QED) is 0.696. The van der Waals surface area contributed by atoms with Crippen LogP contribution in [0.25, 0.3) is 0 Å². The van der Waals surface area contributed by atoms with Crippen LogP contribution >= 0.6 is 0 Å². The number of nitriles is 1. The van der Waals surface area contributed by atoms with Crippen LogP contribution in [0, 0.1) is 11.3 Å². The summed E-state index contributed by atoms with van der Waals surface area (Å²) < 4.78 is 2.11. The summed E-state index contributed by atoms with van der Waals surface area (Å²) >= 11 is 0. The van der Waals surface area contributed by atoms with Crippen molar-refractivity contribution >= 4 is 0 Å². The maximum Gasteiger partial charge on any atom is 0.120 e. The first-order valence-corrected chi connectivity index (χ1v) is 4.81. The van der Waals surface area contributed by atoms with Gasteiger partial charge in [-0.3, -0.25) is 0 Å². The molecule has 2 nitrogen and oxygen atoms in total. The number of aromatic nitrogens is 1. The maximum absolute atomic E-state index is 8.88. The normalized spacial score (nSPS) is 10.4. The first kappa shape index (κ1) is 9.85. The van der Waals surface area contributed by atoms with E-state index in [1.807, 2.05) is 6.07 Å². The van der Waals surface area contributed by atoms with Crippen molar-refractivity contribution in [2.45, 2.75) is 39.7 Å². The number of hydrogen-bond donors (Lipinski definition) is 0. The molecule has 1 aromatic heterocycles. The largest absolute Gasteiger partial charge is 0.334 e. The molecule has 0 aliphatic carbocycles. The molecule has 0 N–H and O–H groups in total. The molecule has 0 amide bonds. The first-order valence-electron chi connectivity index (χ1n) is 4.81. The van der Waals surface area contributed by atoms with Crippen molar-refractivity contribution < 1.29 is 0 Å². The highest BCUT2D eigenvalue weighted by atomic mass is 15.0. The Labute approximate surface area is 79.8 Å². The molecule has 0 radical (unpaired) electrons. The topological polar surface area (TPSA) is 28.7 Å². The van der Waals surface area contributed by atoms with Gasteiger partial charge in [-0.25, -0.2) is 0 Å². The van der Waals surface area contributed by atoms with E-state index in [1.54, 1.807) is 0 Å². The Kier molecular flexibility index (Phi) is 3.13. The molecular formula is C11H16N2. The minimum absolute atomic E-state index is 0.381. The van der Waals surface area contributed by atoms with Gasteiger partial charge in [0, 0.05) is 11.7 Å². The number of aryl methyl sites for hydroxylation is 1. The van der Waals surface area contributed by atoms with Crippen molar-refractivity contribution in [3.63, 3.8) is 0 Å². The molecular weight excluding hydrogens is 160 g/mol. The smallest absolute Gasteiger partial charge is 0.120 e. The van der Waals surface area contributed by atoms with Crippen LogP contribution in [0.4, 0.5) is 0 Å². The van der Waals surface area contributed by atoms with E-state index >= 15 is 0 Å². The van der Waals surface area contributed by atoms with Gasteiger partial charge in [-0.05, 0) is 32.4 Å². The lowest BCUT2D eigenvalue weighted by Gasteiger charge is -2.13. The van der Waals surface area contributed by atoms with Crippen molar-refractivity contribution in [1.82, 2.24) is 4.57 Å². The summed E-state index contributed by atoms with van der Waals surface area (Å²) in [7, 11) is 0. The zero-order valence-electron chi connectivity index (χ0n) is 8.54. The molecule has 0 atom stereocenters. The van der Waals surface area contributed by atoms with Crippen molar-refractivity contribution in [2.75, 3.05) is 0 Å². The standard InChI is InChI=1S/C11H16N2/c1-4-5-10-6-7-11(8-12)13(10)9(2)3/h6-7,9H,4-5H2,1-3H3. The average Bonchev–Trinajstić information content (AvgIpc) is 2.48. The van der Waals surface area contributed by atoms with Gasteiger partial charge in [0.05, 0.1) is 0 Å². The molecule has 0 saturated heterocycles. The molecule has 1 heterocycles. The Balaban J connectivity index is 3.08. The Morgan fingerprint density at radius 3 is 2.62 bits per heavy atom. The van der Waals surface area contributed by atoms with E-state index < -0.39 is 0 Å². The number of nitrogens with zero attached hydrogens (tertiary/aromatic N) is 2. The van der Waals surface area contributed by atoms with E-state index in [1.165, 1.54) is 5.69 Å². The Morgan fingerprint density at radius 1 is 1.46 bits per heavy atom. The molecule has 70 valence electrons. The summed E-state index contributed by atoms with van der Waals surface area (Å²) in [4.78, 5) is 0. The van der Waals surface area contributed by atoms with Gasteiger partial charge < -0.3 is 4.57 Å². The predicted octanol–water partition coefficient (Wildman–Crippen LogP) is 2.89. The summed E-state index contributed by atoms with van der Waals surface area (Å²) in [6.45, 7) is 6.38. The van der Waals surface area contributed by atoms with Gasteiger partial charge >= 0.3 is 0 Å². The van der Waals surface area contributed by atoms with Crippen molar-refractivity contribution in [3.8, 4) is 6.07 Å². The molecule has 0 saturated carbocycles. The fraction of sp³-hybridized carbons (Fsp3) is 0.545. The third-order valence-electron chi connectivity index (χ3n) is 2.14. The van der Waals surface area contributed by atoms with E-state index in [0.29, 0.717) is 6.04 Å². The lowest BCUT2D eigenvalue weighted by molar-refractivity contribution is 0.567. The zero-order valence-corrected chi connectivity index (χ0v) is 8.54. The summed E-state index contributed by atoms with van der Waals surface area (Å²) in [5, 5.41) is 8.88. The van der Waals surface area contributed by atoms with Crippen molar-refractivity contribution in [2.24, 2.45) is 0 Å². The minimum atomic E-state index is 0.381. The van der Waals surface area contributed by atoms with E-state index in [2.05, 4.69) is 37.5 Å². The lowest BCUT2D eigenvalue weighted by atomic mass is 10.2. The highest BCUT2D eigenvalue weighted by Gasteiger charge is 2.09. The summed E-state index contributed by atoms with van der Waals surface area (Å²) in [6.07, 6.45) is 2.18. The van der Waals surface area contributed by atoms with Crippen LogP contribution < -0.4 is 0 Å². The van der Waals surface area contributed by atoms with E-state index in [4.69, 9.17) is 5.26 Å². The summed E-state index contributed by atoms with van der Waals surface area (Å²) in [5.74, 6) is 0. The second kappa shape index (κ2) is 4.13. The highest BCUT2D eigenvalue weighted by molar-refractivity contribution is 5.27. The Bertz CT molecular complexity index is 315. The molecule has 2 heteroatoms. The SMILES string of the molecule is CCCc1ccc(C#N)n1C(C)C. The molecule has 0 aromatic carbocycles. The van der Waals surface area contributed by atoms with Crippen LogP contribution in [0.1, 0.15) is 44.6 Å². The fourth-order valence-electron chi connectivity index (χ4n) is 1.65. The molecule has 0 unspecified atom stereocenters. The molecule has 0 bridgehead atoms. The molecule has 0 aliphatic heterocycles. The van der Waals surface area contributed by atoms with Crippen LogP contribution in [0.15, 0.2) is 12.1 Å². The van der Waals surface area contributed by atoms with E-state index in [0.717, 1.165) is 18.5 Å². The number of hydrogen-bond acceptors (Lipinski definition) is 1. The van der Waals surface area contributed by atoms with Crippen LogP contribution in [0.3, 0.4) is 0 Å². The van der Waals surface area contributed by atoms with E-state index in [-0.39, 0.29) is 0 Å². The van der Waals surface area contributed by atoms with Gasteiger partial charge in [-0.1, -0.05) is 13.3 Å². The van der Waals surface area contributed by atoms with Crippen LogP contribution in [0.5, 0.6) is 0 Å². The van der Waals surface area contributed by atoms with Gasteiger partial charge in [0.15, 0.2) is 0 Å². The Hall–Kier alpha value is -1.23. The van der Waals surface area contributed by atoms with Gasteiger partial charge in [-0.15, -0.1) is 0 Å². The maximum atomic E-state index is 8.88. The van der Waals surface area contributed by atoms with Gasteiger partial charge in [0.25, 0.3) is 0 Å². The second-order valence-electron chi connectivity index (χ2n) is 3.54. The van der Waals surface area contributed by atoms with E-state index in [9.17, 15) is 0 Å². The van der Waals surface area contributed by atoms with Gasteiger partial charge in [0.2, 0.25) is 0 Å². The molecule has 1 aromatic rings. The average molecular weight is 176 g/mol. The van der Waals surface area contributed by atoms with Crippen LogP contribution in [0.2, 0.25) is 0 Å².